The number of carbonyl (C=O) groups is 1. The molecular weight excluding hydrogens is 362 g/mol. The fourth-order valence-corrected chi connectivity index (χ4v) is 3.33. The largest absolute Gasteiger partial charge is 0.461 e. The van der Waals surface area contributed by atoms with E-state index >= 15 is 0 Å². The Bertz CT molecular complexity index is 610. The van der Waals surface area contributed by atoms with Crippen LogP contribution in [0.25, 0.3) is 0 Å². The quantitative estimate of drug-likeness (QED) is 0.367. The van der Waals surface area contributed by atoms with Crippen LogP contribution in [0.15, 0.2) is 35.6 Å². The van der Waals surface area contributed by atoms with Crippen LogP contribution in [0.5, 0.6) is 0 Å². The lowest BCUT2D eigenvalue weighted by molar-refractivity contribution is -0.166. The third kappa shape index (κ3) is 8.77. The number of rotatable bonds is 7. The highest BCUT2D eigenvalue weighted by Crippen LogP contribution is 2.34. The average molecular weight is 408 g/mol. The summed E-state index contributed by atoms with van der Waals surface area (Å²) < 4.78 is 11.8. The summed E-state index contributed by atoms with van der Waals surface area (Å²) in [5.41, 5.74) is 2.51. The summed E-state index contributed by atoms with van der Waals surface area (Å²) >= 11 is 0. The van der Waals surface area contributed by atoms with Crippen LogP contribution >= 0.6 is 0 Å². The molecule has 4 nitrogen and oxygen atoms in total. The number of carbonyl (C=O) groups excluding carboxylic acids is 1. The normalized spacial score (nSPS) is 18.9. The van der Waals surface area contributed by atoms with E-state index in [1.807, 2.05) is 54.5 Å². The Morgan fingerprint density at radius 3 is 2.07 bits per heavy atom. The molecular formula is C25H45NO3. The van der Waals surface area contributed by atoms with E-state index < -0.39 is 11.7 Å². The first-order chi connectivity index (χ1) is 12.8. The molecule has 0 unspecified atom stereocenters. The van der Waals surface area contributed by atoms with Gasteiger partial charge < -0.3 is 14.4 Å². The van der Waals surface area contributed by atoms with Crippen molar-refractivity contribution in [3.05, 3.63) is 35.6 Å². The third-order valence-corrected chi connectivity index (χ3v) is 4.82. The SMILES string of the molecule is C.C=C(C)/C(=C(\C=C/C)N1CCC(C)(C)CC1)[C@H](OC(C)(C)C)C(=O)OC(C)C. The van der Waals surface area contributed by atoms with E-state index in [0.29, 0.717) is 5.41 Å². The number of nitrogens with zero attached hydrogens (tertiary/aromatic N) is 1. The highest BCUT2D eigenvalue weighted by Gasteiger charge is 2.35. The molecule has 0 aromatic heterocycles. The maximum Gasteiger partial charge on any atom is 0.340 e. The van der Waals surface area contributed by atoms with Gasteiger partial charge in [-0.2, -0.15) is 0 Å². The van der Waals surface area contributed by atoms with Crippen molar-refractivity contribution in [3.63, 3.8) is 0 Å². The van der Waals surface area contributed by atoms with Crippen molar-refractivity contribution in [2.24, 2.45) is 5.41 Å². The Labute approximate surface area is 180 Å². The first-order valence-electron chi connectivity index (χ1n) is 10.4. The number of likely N-dealkylation sites (tertiary alicyclic amines) is 1. The Kier molecular flexibility index (Phi) is 10.4. The number of esters is 1. The molecule has 0 amide bonds. The van der Waals surface area contributed by atoms with Gasteiger partial charge in [0.05, 0.1) is 11.7 Å². The summed E-state index contributed by atoms with van der Waals surface area (Å²) in [6.45, 7) is 24.2. The van der Waals surface area contributed by atoms with Gasteiger partial charge in [-0.1, -0.05) is 33.9 Å². The molecule has 0 bridgehead atoms. The summed E-state index contributed by atoms with van der Waals surface area (Å²) in [6, 6.07) is 0. The summed E-state index contributed by atoms with van der Waals surface area (Å²) in [5.74, 6) is -0.359. The van der Waals surface area contributed by atoms with E-state index in [0.717, 1.165) is 42.8 Å². The van der Waals surface area contributed by atoms with Crippen LogP contribution < -0.4 is 0 Å². The van der Waals surface area contributed by atoms with Gasteiger partial charge >= 0.3 is 5.97 Å². The van der Waals surface area contributed by atoms with Crippen LogP contribution in [-0.2, 0) is 14.3 Å². The third-order valence-electron chi connectivity index (χ3n) is 4.82. The molecule has 0 saturated carbocycles. The van der Waals surface area contributed by atoms with Crippen molar-refractivity contribution in [2.75, 3.05) is 13.1 Å². The molecule has 29 heavy (non-hydrogen) atoms. The molecule has 0 radical (unpaired) electrons. The van der Waals surface area contributed by atoms with Crippen molar-refractivity contribution in [1.82, 2.24) is 4.90 Å². The second-order valence-corrected chi connectivity index (χ2v) is 9.83. The van der Waals surface area contributed by atoms with Gasteiger partial charge in [0.15, 0.2) is 6.10 Å². The fraction of sp³-hybridized carbons (Fsp3) is 0.720. The first kappa shape index (κ1) is 27.5. The molecule has 1 rings (SSSR count). The predicted molar refractivity (Wildman–Crippen MR) is 124 cm³/mol. The second-order valence-electron chi connectivity index (χ2n) is 9.83. The van der Waals surface area contributed by atoms with Crippen molar-refractivity contribution in [3.8, 4) is 0 Å². The predicted octanol–water partition coefficient (Wildman–Crippen LogP) is 6.29. The molecule has 168 valence electrons. The van der Waals surface area contributed by atoms with Gasteiger partial charge in [0.25, 0.3) is 0 Å². The van der Waals surface area contributed by atoms with Gasteiger partial charge in [-0.3, -0.25) is 0 Å². The second kappa shape index (κ2) is 11.0. The van der Waals surface area contributed by atoms with E-state index in [2.05, 4.69) is 31.4 Å². The monoisotopic (exact) mass is 407 g/mol. The standard InChI is InChI=1S/C24H41NO3.CH4/c1-11-12-19(25-15-13-24(9,10)14-16-25)20(17(2)3)21(28-23(6,7)8)22(26)27-18(4)5;/h11-12,18,21H,2,13-16H2,1,3-10H3;1H4/b12-11-,20-19-;/t21-;/m0./s1. The summed E-state index contributed by atoms with van der Waals surface area (Å²) in [7, 11) is 0. The minimum absolute atomic E-state index is 0. The van der Waals surface area contributed by atoms with Gasteiger partial charge in [0, 0.05) is 24.4 Å². The van der Waals surface area contributed by atoms with Crippen LogP contribution in [0.4, 0.5) is 0 Å². The molecule has 1 aliphatic heterocycles. The Morgan fingerprint density at radius 1 is 1.17 bits per heavy atom. The molecule has 1 atom stereocenters. The molecule has 0 aromatic rings. The first-order valence-corrected chi connectivity index (χ1v) is 10.4. The highest BCUT2D eigenvalue weighted by molar-refractivity contribution is 5.80. The molecule has 1 heterocycles. The van der Waals surface area contributed by atoms with E-state index in [1.165, 1.54) is 0 Å². The van der Waals surface area contributed by atoms with Gasteiger partial charge in [-0.25, -0.2) is 4.79 Å². The van der Waals surface area contributed by atoms with Gasteiger partial charge in [-0.15, -0.1) is 0 Å². The molecule has 0 spiro atoms. The van der Waals surface area contributed by atoms with Gasteiger partial charge in [0.2, 0.25) is 0 Å². The number of hydrogen-bond donors (Lipinski definition) is 0. The fourth-order valence-electron chi connectivity index (χ4n) is 3.33. The van der Waals surface area contributed by atoms with Crippen molar-refractivity contribution >= 4 is 5.97 Å². The number of piperidine rings is 1. The van der Waals surface area contributed by atoms with Crippen molar-refractivity contribution < 1.29 is 14.3 Å². The van der Waals surface area contributed by atoms with Crippen LogP contribution in [-0.4, -0.2) is 41.8 Å². The highest BCUT2D eigenvalue weighted by atomic mass is 16.6. The number of allylic oxidation sites excluding steroid dienone is 2. The zero-order valence-corrected chi connectivity index (χ0v) is 19.5. The number of hydrogen-bond acceptors (Lipinski definition) is 4. The van der Waals surface area contributed by atoms with E-state index in [-0.39, 0.29) is 19.5 Å². The average Bonchev–Trinajstić information content (AvgIpc) is 2.51. The van der Waals surface area contributed by atoms with Crippen LogP contribution in [0.2, 0.25) is 0 Å². The molecule has 0 N–H and O–H groups in total. The van der Waals surface area contributed by atoms with Crippen LogP contribution in [0, 0.1) is 5.41 Å². The molecule has 0 aromatic carbocycles. The van der Waals surface area contributed by atoms with E-state index in [9.17, 15) is 4.79 Å². The molecule has 4 heteroatoms. The Morgan fingerprint density at radius 2 is 1.69 bits per heavy atom. The minimum Gasteiger partial charge on any atom is -0.461 e. The van der Waals surface area contributed by atoms with Crippen molar-refractivity contribution in [1.29, 1.82) is 0 Å². The lowest BCUT2D eigenvalue weighted by Crippen LogP contribution is -2.41. The summed E-state index contributed by atoms with van der Waals surface area (Å²) in [6.07, 6.45) is 5.30. The molecule has 1 fully saturated rings. The van der Waals surface area contributed by atoms with E-state index in [4.69, 9.17) is 9.47 Å². The molecule has 0 aliphatic carbocycles. The minimum atomic E-state index is -0.805. The molecule has 1 aliphatic rings. The zero-order chi connectivity index (χ0) is 21.7. The Hall–Kier alpha value is -1.55. The lowest BCUT2D eigenvalue weighted by atomic mass is 9.82. The van der Waals surface area contributed by atoms with Crippen LogP contribution in [0.1, 0.15) is 82.6 Å². The summed E-state index contributed by atoms with van der Waals surface area (Å²) in [4.78, 5) is 15.4. The van der Waals surface area contributed by atoms with Gasteiger partial charge in [-0.05, 0) is 78.4 Å². The lowest BCUT2D eigenvalue weighted by Gasteiger charge is -2.40. The van der Waals surface area contributed by atoms with Crippen LogP contribution in [0.3, 0.4) is 0 Å². The molecule has 1 saturated heterocycles. The summed E-state index contributed by atoms with van der Waals surface area (Å²) in [5, 5.41) is 0. The topological polar surface area (TPSA) is 38.8 Å². The number of ether oxygens (including phenoxy) is 2. The van der Waals surface area contributed by atoms with Gasteiger partial charge in [0.1, 0.15) is 0 Å². The Balaban J connectivity index is 0.00000784. The van der Waals surface area contributed by atoms with Crippen molar-refractivity contribution in [2.45, 2.75) is 100 Å². The zero-order valence-electron chi connectivity index (χ0n) is 19.5. The smallest absolute Gasteiger partial charge is 0.340 e. The maximum atomic E-state index is 13.0. The maximum absolute atomic E-state index is 13.0. The van der Waals surface area contributed by atoms with E-state index in [1.54, 1.807) is 0 Å².